The van der Waals surface area contributed by atoms with Crippen molar-refractivity contribution < 1.29 is 9.59 Å². The smallest absolute Gasteiger partial charge is 0.241 e. The highest BCUT2D eigenvalue weighted by Crippen LogP contribution is 2.24. The number of anilines is 1. The van der Waals surface area contributed by atoms with Gasteiger partial charge in [-0.05, 0) is 36.5 Å². The monoisotopic (exact) mass is 310 g/mol. The summed E-state index contributed by atoms with van der Waals surface area (Å²) in [6, 6.07) is 5.03. The van der Waals surface area contributed by atoms with Gasteiger partial charge in [-0.25, -0.2) is 0 Å². The van der Waals surface area contributed by atoms with Crippen molar-refractivity contribution in [2.45, 2.75) is 45.6 Å². The zero-order valence-corrected chi connectivity index (χ0v) is 13.3. The Bertz CT molecular complexity index is 531. The van der Waals surface area contributed by atoms with Crippen LogP contribution in [-0.4, -0.2) is 17.7 Å². The standard InChI is InChI=1S/C16H22N2O2.ClH/c1-3-10(2)15(17)16(20)18-12-8-7-11-5-4-6-14(19)13(11)9-12;/h7-10,15H,3-6,17H2,1-2H3,(H,18,20);1H. The van der Waals surface area contributed by atoms with Gasteiger partial charge in [0, 0.05) is 17.7 Å². The number of halogens is 1. The molecule has 3 N–H and O–H groups in total. The molecule has 1 aliphatic rings. The third-order valence-electron chi connectivity index (χ3n) is 4.09. The molecule has 0 aromatic heterocycles. The number of nitrogens with one attached hydrogen (secondary N) is 1. The molecule has 5 heteroatoms. The lowest BCUT2D eigenvalue weighted by Gasteiger charge is -2.19. The number of carbonyl (C=O) groups excluding carboxylic acids is 2. The number of hydrogen-bond donors (Lipinski definition) is 2. The highest BCUT2D eigenvalue weighted by molar-refractivity contribution is 6.01. The summed E-state index contributed by atoms with van der Waals surface area (Å²) in [5, 5.41) is 2.81. The molecule has 4 nitrogen and oxygen atoms in total. The fourth-order valence-corrected chi connectivity index (χ4v) is 2.44. The first kappa shape index (κ1) is 17.7. The summed E-state index contributed by atoms with van der Waals surface area (Å²) < 4.78 is 0. The summed E-state index contributed by atoms with van der Waals surface area (Å²) >= 11 is 0. The third-order valence-corrected chi connectivity index (χ3v) is 4.09. The molecule has 0 fully saturated rings. The third kappa shape index (κ3) is 4.05. The van der Waals surface area contributed by atoms with E-state index in [2.05, 4.69) is 5.32 Å². The van der Waals surface area contributed by atoms with Gasteiger partial charge in [0.05, 0.1) is 6.04 Å². The largest absolute Gasteiger partial charge is 0.325 e. The number of aryl methyl sites for hydroxylation is 1. The molecule has 116 valence electrons. The van der Waals surface area contributed by atoms with Crippen molar-refractivity contribution in [2.75, 3.05) is 5.32 Å². The topological polar surface area (TPSA) is 72.2 Å². The maximum Gasteiger partial charge on any atom is 0.241 e. The van der Waals surface area contributed by atoms with Crippen LogP contribution in [0.25, 0.3) is 0 Å². The summed E-state index contributed by atoms with van der Waals surface area (Å²) in [7, 11) is 0. The van der Waals surface area contributed by atoms with E-state index in [9.17, 15) is 9.59 Å². The molecule has 0 spiro atoms. The molecule has 0 heterocycles. The van der Waals surface area contributed by atoms with Crippen molar-refractivity contribution in [3.63, 3.8) is 0 Å². The zero-order chi connectivity index (χ0) is 14.7. The molecular formula is C16H23ClN2O2. The first-order valence-corrected chi connectivity index (χ1v) is 7.25. The van der Waals surface area contributed by atoms with Gasteiger partial charge < -0.3 is 11.1 Å². The number of Topliss-reactive ketones (excluding diaryl/α,β-unsaturated/α-hetero) is 1. The van der Waals surface area contributed by atoms with Gasteiger partial charge in [-0.2, -0.15) is 0 Å². The first-order valence-electron chi connectivity index (χ1n) is 7.25. The molecular weight excluding hydrogens is 288 g/mol. The Balaban J connectivity index is 0.00000220. The maximum absolute atomic E-state index is 12.0. The maximum atomic E-state index is 12.0. The average molecular weight is 311 g/mol. The number of ketones is 1. The predicted molar refractivity (Wildman–Crippen MR) is 87.0 cm³/mol. The van der Waals surface area contributed by atoms with Gasteiger partial charge in [-0.1, -0.05) is 26.3 Å². The van der Waals surface area contributed by atoms with Crippen LogP contribution in [0.3, 0.4) is 0 Å². The predicted octanol–water partition coefficient (Wildman–Crippen LogP) is 2.94. The Labute approximate surface area is 131 Å². The molecule has 1 aliphatic carbocycles. The zero-order valence-electron chi connectivity index (χ0n) is 12.5. The van der Waals surface area contributed by atoms with Crippen LogP contribution in [0.1, 0.15) is 49.0 Å². The van der Waals surface area contributed by atoms with Crippen LogP contribution in [0, 0.1) is 5.92 Å². The Kier molecular flexibility index (Phi) is 6.37. The number of hydrogen-bond acceptors (Lipinski definition) is 3. The quantitative estimate of drug-likeness (QED) is 0.898. The Hall–Kier alpha value is -1.39. The van der Waals surface area contributed by atoms with Gasteiger partial charge in [0.25, 0.3) is 0 Å². The van der Waals surface area contributed by atoms with Crippen LogP contribution in [0.15, 0.2) is 18.2 Å². The summed E-state index contributed by atoms with van der Waals surface area (Å²) in [4.78, 5) is 23.9. The molecule has 0 saturated carbocycles. The van der Waals surface area contributed by atoms with E-state index in [1.54, 1.807) is 6.07 Å². The molecule has 1 amide bonds. The molecule has 1 aromatic carbocycles. The molecule has 2 unspecified atom stereocenters. The molecule has 0 saturated heterocycles. The van der Waals surface area contributed by atoms with Gasteiger partial charge in [0.1, 0.15) is 0 Å². The van der Waals surface area contributed by atoms with Crippen molar-refractivity contribution in [3.05, 3.63) is 29.3 Å². The fourth-order valence-electron chi connectivity index (χ4n) is 2.44. The summed E-state index contributed by atoms with van der Waals surface area (Å²) in [5.41, 5.74) is 8.38. The number of nitrogens with two attached hydrogens (primary N) is 1. The van der Waals surface area contributed by atoms with E-state index in [0.29, 0.717) is 12.1 Å². The lowest BCUT2D eigenvalue weighted by molar-refractivity contribution is -0.118. The summed E-state index contributed by atoms with van der Waals surface area (Å²) in [5.74, 6) is 0.102. The molecule has 2 rings (SSSR count). The van der Waals surface area contributed by atoms with Gasteiger partial charge in [-0.3, -0.25) is 9.59 Å². The van der Waals surface area contributed by atoms with E-state index in [4.69, 9.17) is 5.73 Å². The van der Waals surface area contributed by atoms with Gasteiger partial charge in [-0.15, -0.1) is 12.4 Å². The van der Waals surface area contributed by atoms with Crippen molar-refractivity contribution in [1.29, 1.82) is 0 Å². The van der Waals surface area contributed by atoms with Gasteiger partial charge in [0.2, 0.25) is 5.91 Å². The van der Waals surface area contributed by atoms with Crippen molar-refractivity contribution in [1.82, 2.24) is 0 Å². The summed E-state index contributed by atoms with van der Waals surface area (Å²) in [6.45, 7) is 3.97. The SMILES string of the molecule is CCC(C)C(N)C(=O)Nc1ccc2c(c1)C(=O)CCC2.Cl. The van der Waals surface area contributed by atoms with Crippen LogP contribution in [-0.2, 0) is 11.2 Å². The average Bonchev–Trinajstić information content (AvgIpc) is 2.46. The normalized spacial score (nSPS) is 16.4. The second-order valence-electron chi connectivity index (χ2n) is 5.55. The van der Waals surface area contributed by atoms with Crippen molar-refractivity contribution in [2.24, 2.45) is 11.7 Å². The van der Waals surface area contributed by atoms with E-state index in [1.165, 1.54) is 0 Å². The lowest BCUT2D eigenvalue weighted by Crippen LogP contribution is -2.40. The van der Waals surface area contributed by atoms with E-state index in [-0.39, 0.29) is 30.0 Å². The number of fused-ring (bicyclic) bond motifs is 1. The van der Waals surface area contributed by atoms with Crippen molar-refractivity contribution >= 4 is 29.8 Å². The van der Waals surface area contributed by atoms with Crippen LogP contribution in [0.2, 0.25) is 0 Å². The number of benzene rings is 1. The molecule has 0 bridgehead atoms. The Morgan fingerprint density at radius 3 is 2.76 bits per heavy atom. The minimum Gasteiger partial charge on any atom is -0.325 e. The molecule has 21 heavy (non-hydrogen) atoms. The van der Waals surface area contributed by atoms with E-state index in [0.717, 1.165) is 30.4 Å². The number of carbonyl (C=O) groups is 2. The van der Waals surface area contributed by atoms with Gasteiger partial charge in [0.15, 0.2) is 5.78 Å². The van der Waals surface area contributed by atoms with Gasteiger partial charge >= 0.3 is 0 Å². The molecule has 0 aliphatic heterocycles. The van der Waals surface area contributed by atoms with Crippen LogP contribution < -0.4 is 11.1 Å². The van der Waals surface area contributed by atoms with Crippen LogP contribution in [0.5, 0.6) is 0 Å². The fraction of sp³-hybridized carbons (Fsp3) is 0.500. The van der Waals surface area contributed by atoms with Crippen molar-refractivity contribution in [3.8, 4) is 0 Å². The Morgan fingerprint density at radius 2 is 2.10 bits per heavy atom. The first-order chi connectivity index (χ1) is 9.52. The van der Waals surface area contributed by atoms with E-state index < -0.39 is 6.04 Å². The number of rotatable bonds is 4. The lowest BCUT2D eigenvalue weighted by atomic mass is 9.90. The molecule has 0 radical (unpaired) electrons. The van der Waals surface area contributed by atoms with Crippen LogP contribution in [0.4, 0.5) is 5.69 Å². The molecule has 2 atom stereocenters. The van der Waals surface area contributed by atoms with E-state index >= 15 is 0 Å². The highest BCUT2D eigenvalue weighted by Gasteiger charge is 2.21. The Morgan fingerprint density at radius 1 is 1.38 bits per heavy atom. The minimum absolute atomic E-state index is 0. The van der Waals surface area contributed by atoms with E-state index in [1.807, 2.05) is 26.0 Å². The summed E-state index contributed by atoms with van der Waals surface area (Å²) in [6.07, 6.45) is 3.30. The highest BCUT2D eigenvalue weighted by atomic mass is 35.5. The number of amides is 1. The molecule has 1 aromatic rings. The second-order valence-corrected chi connectivity index (χ2v) is 5.55. The second kappa shape index (κ2) is 7.57. The minimum atomic E-state index is -0.522. The van der Waals surface area contributed by atoms with Crippen LogP contribution >= 0.6 is 12.4 Å².